The van der Waals surface area contributed by atoms with Crippen LogP contribution in [0.4, 0.5) is 5.69 Å². The van der Waals surface area contributed by atoms with Crippen molar-refractivity contribution in [2.24, 2.45) is 5.10 Å². The molecule has 6 nitrogen and oxygen atoms in total. The molecule has 2 aromatic carbocycles. The summed E-state index contributed by atoms with van der Waals surface area (Å²) in [5.74, 6) is -0.841. The number of hydrogen-bond donors (Lipinski definition) is 4. The highest BCUT2D eigenvalue weighted by molar-refractivity contribution is 9.11. The first-order chi connectivity index (χ1) is 11.4. The predicted molar refractivity (Wildman–Crippen MR) is 101 cm³/mol. The average molecular weight is 478 g/mol. The van der Waals surface area contributed by atoms with E-state index in [1.165, 1.54) is 18.3 Å². The highest BCUT2D eigenvalue weighted by Gasteiger charge is 2.08. The fourth-order valence-corrected chi connectivity index (χ4v) is 3.67. The Bertz CT molecular complexity index is 777. The van der Waals surface area contributed by atoms with Crippen LogP contribution in [0.25, 0.3) is 0 Å². The minimum atomic E-state index is -0.358. The van der Waals surface area contributed by atoms with Gasteiger partial charge in [-0.15, -0.1) is 0 Å². The average Bonchev–Trinajstić information content (AvgIpc) is 2.49. The van der Waals surface area contributed by atoms with Crippen molar-refractivity contribution in [2.45, 2.75) is 0 Å². The lowest BCUT2D eigenvalue weighted by atomic mass is 10.2. The first-order valence-electron chi connectivity index (χ1n) is 6.59. The van der Waals surface area contributed by atoms with E-state index in [-0.39, 0.29) is 24.0 Å². The quantitative estimate of drug-likeness (QED) is 0.299. The molecule has 24 heavy (non-hydrogen) atoms. The zero-order valence-electron chi connectivity index (χ0n) is 12.1. The van der Waals surface area contributed by atoms with Gasteiger partial charge in [0.25, 0.3) is 5.91 Å². The summed E-state index contributed by atoms with van der Waals surface area (Å²) in [6.45, 7) is -0.00298. The summed E-state index contributed by atoms with van der Waals surface area (Å²) in [6, 6.07) is 7.62. The number of rotatable bonds is 5. The number of aromatic hydroxyl groups is 2. The predicted octanol–water partition coefficient (Wildman–Crippen LogP) is 3.84. The van der Waals surface area contributed by atoms with Crippen molar-refractivity contribution in [2.75, 3.05) is 11.9 Å². The summed E-state index contributed by atoms with van der Waals surface area (Å²) in [4.78, 5) is 11.8. The van der Waals surface area contributed by atoms with Crippen LogP contribution in [0.1, 0.15) is 5.56 Å². The molecule has 0 saturated heterocycles. The van der Waals surface area contributed by atoms with E-state index in [4.69, 9.17) is 11.6 Å². The zero-order chi connectivity index (χ0) is 17.7. The molecule has 0 aliphatic carbocycles. The monoisotopic (exact) mass is 475 g/mol. The molecule has 0 spiro atoms. The van der Waals surface area contributed by atoms with Gasteiger partial charge in [0, 0.05) is 14.0 Å². The van der Waals surface area contributed by atoms with Crippen molar-refractivity contribution in [3.8, 4) is 11.5 Å². The van der Waals surface area contributed by atoms with E-state index in [1.807, 2.05) is 0 Å². The van der Waals surface area contributed by atoms with E-state index >= 15 is 0 Å². The van der Waals surface area contributed by atoms with Crippen LogP contribution in [-0.4, -0.2) is 28.9 Å². The van der Waals surface area contributed by atoms with Crippen molar-refractivity contribution >= 4 is 61.3 Å². The number of nitrogens with zero attached hydrogens (tertiary/aromatic N) is 1. The fourth-order valence-electron chi connectivity index (χ4n) is 1.72. The molecular weight excluding hydrogens is 465 g/mol. The lowest BCUT2D eigenvalue weighted by molar-refractivity contribution is -0.119. The van der Waals surface area contributed by atoms with Crippen molar-refractivity contribution in [1.82, 2.24) is 5.43 Å². The van der Waals surface area contributed by atoms with Gasteiger partial charge in [-0.3, -0.25) is 4.79 Å². The van der Waals surface area contributed by atoms with Gasteiger partial charge in [0.2, 0.25) is 0 Å². The molecule has 0 saturated carbocycles. The summed E-state index contributed by atoms with van der Waals surface area (Å²) < 4.78 is 1.44. The lowest BCUT2D eigenvalue weighted by Gasteiger charge is -2.10. The van der Waals surface area contributed by atoms with Crippen LogP contribution in [-0.2, 0) is 4.79 Å². The molecule has 0 unspecified atom stereocenters. The smallest absolute Gasteiger partial charge is 0.259 e. The molecule has 4 N–H and O–H groups in total. The highest BCUT2D eigenvalue weighted by atomic mass is 79.9. The summed E-state index contributed by atoms with van der Waals surface area (Å²) in [7, 11) is 0. The normalized spacial score (nSPS) is 10.8. The number of carbonyl (C=O) groups excluding carboxylic acids is 1. The summed E-state index contributed by atoms with van der Waals surface area (Å²) in [5.41, 5.74) is 3.58. The second kappa shape index (κ2) is 8.36. The molecule has 0 aliphatic heterocycles. The van der Waals surface area contributed by atoms with Crippen LogP contribution in [0.15, 0.2) is 44.4 Å². The fraction of sp³-hybridized carbons (Fsp3) is 0.0667. The number of phenols is 2. The molecule has 0 aliphatic rings. The number of phenolic OH excluding ortho intramolecular Hbond substituents is 2. The van der Waals surface area contributed by atoms with Crippen LogP contribution in [0.2, 0.25) is 5.02 Å². The van der Waals surface area contributed by atoms with Gasteiger partial charge in [0.05, 0.1) is 18.4 Å². The third-order valence-corrected chi connectivity index (χ3v) is 4.30. The molecule has 0 bridgehead atoms. The van der Waals surface area contributed by atoms with Crippen molar-refractivity contribution in [3.05, 3.63) is 49.9 Å². The molecule has 0 atom stereocenters. The largest absolute Gasteiger partial charge is 0.504 e. The number of halogens is 3. The Morgan fingerprint density at radius 3 is 2.46 bits per heavy atom. The molecule has 2 rings (SSSR count). The van der Waals surface area contributed by atoms with Crippen molar-refractivity contribution in [3.63, 3.8) is 0 Å². The third kappa shape index (κ3) is 5.12. The van der Waals surface area contributed by atoms with E-state index in [2.05, 4.69) is 47.7 Å². The molecular formula is C15H12Br2ClN3O3. The van der Waals surface area contributed by atoms with Gasteiger partial charge in [-0.25, -0.2) is 5.43 Å². The van der Waals surface area contributed by atoms with E-state index in [9.17, 15) is 15.0 Å². The SMILES string of the molecule is O=C(CNc1c(Br)cc(Cl)cc1Br)N/N=C/c1ccc(O)c(O)c1. The molecule has 9 heteroatoms. The standard InChI is InChI=1S/C15H12Br2ClN3O3/c16-10-4-9(18)5-11(17)15(10)19-7-14(24)21-20-6-8-1-2-12(22)13(23)3-8/h1-6,19,22-23H,7H2,(H,21,24)/b20-6+. The van der Waals surface area contributed by atoms with E-state index in [0.29, 0.717) is 16.3 Å². The Kier molecular flexibility index (Phi) is 6.47. The summed E-state index contributed by atoms with van der Waals surface area (Å²) >= 11 is 12.6. The van der Waals surface area contributed by atoms with E-state index < -0.39 is 0 Å². The zero-order valence-corrected chi connectivity index (χ0v) is 16.0. The number of hydrogen-bond acceptors (Lipinski definition) is 5. The Morgan fingerprint density at radius 2 is 1.83 bits per heavy atom. The van der Waals surface area contributed by atoms with Crippen LogP contribution >= 0.6 is 43.5 Å². The first kappa shape index (κ1) is 18.6. The van der Waals surface area contributed by atoms with Gasteiger partial charge in [0.15, 0.2) is 11.5 Å². The Hall–Kier alpha value is -1.77. The minimum Gasteiger partial charge on any atom is -0.504 e. The van der Waals surface area contributed by atoms with Crippen LogP contribution in [0, 0.1) is 0 Å². The van der Waals surface area contributed by atoms with Crippen LogP contribution < -0.4 is 10.7 Å². The van der Waals surface area contributed by atoms with Gasteiger partial charge < -0.3 is 15.5 Å². The molecule has 126 valence electrons. The van der Waals surface area contributed by atoms with Crippen molar-refractivity contribution in [1.29, 1.82) is 0 Å². The molecule has 0 aromatic heterocycles. The maximum absolute atomic E-state index is 11.8. The Balaban J connectivity index is 1.90. The highest BCUT2D eigenvalue weighted by Crippen LogP contribution is 2.33. The topological polar surface area (TPSA) is 94.0 Å². The molecule has 0 heterocycles. The maximum Gasteiger partial charge on any atom is 0.259 e. The number of carbonyl (C=O) groups is 1. The molecule has 2 aromatic rings. The second-order valence-electron chi connectivity index (χ2n) is 4.64. The maximum atomic E-state index is 11.8. The minimum absolute atomic E-state index is 0.00298. The van der Waals surface area contributed by atoms with Crippen molar-refractivity contribution < 1.29 is 15.0 Å². The number of nitrogens with one attached hydrogen (secondary N) is 2. The van der Waals surface area contributed by atoms with Gasteiger partial charge in [-0.05, 0) is 67.8 Å². The number of anilines is 1. The number of amides is 1. The second-order valence-corrected chi connectivity index (χ2v) is 6.78. The van der Waals surface area contributed by atoms with E-state index in [1.54, 1.807) is 18.2 Å². The first-order valence-corrected chi connectivity index (χ1v) is 8.55. The number of benzene rings is 2. The van der Waals surface area contributed by atoms with Crippen LogP contribution in [0.3, 0.4) is 0 Å². The third-order valence-electron chi connectivity index (χ3n) is 2.83. The molecule has 1 amide bonds. The van der Waals surface area contributed by atoms with Gasteiger partial charge in [-0.2, -0.15) is 5.10 Å². The van der Waals surface area contributed by atoms with Crippen LogP contribution in [0.5, 0.6) is 11.5 Å². The Morgan fingerprint density at radius 1 is 1.17 bits per heavy atom. The van der Waals surface area contributed by atoms with E-state index in [0.717, 1.165) is 8.95 Å². The summed E-state index contributed by atoms with van der Waals surface area (Å²) in [5, 5.41) is 25.9. The molecule has 0 radical (unpaired) electrons. The lowest BCUT2D eigenvalue weighted by Crippen LogP contribution is -2.26. The molecule has 0 fully saturated rings. The van der Waals surface area contributed by atoms with Gasteiger partial charge in [0.1, 0.15) is 0 Å². The summed E-state index contributed by atoms with van der Waals surface area (Å²) in [6.07, 6.45) is 1.35. The van der Waals surface area contributed by atoms with Gasteiger partial charge >= 0.3 is 0 Å². The van der Waals surface area contributed by atoms with Gasteiger partial charge in [-0.1, -0.05) is 11.6 Å². The number of hydrazone groups is 1. The Labute approximate surface area is 159 Å².